The Kier molecular flexibility index (Phi) is 5.20. The maximum atomic E-state index is 13.0. The van der Waals surface area contributed by atoms with Crippen molar-refractivity contribution >= 4 is 34.8 Å². The predicted molar refractivity (Wildman–Crippen MR) is 113 cm³/mol. The van der Waals surface area contributed by atoms with Gasteiger partial charge in [-0.25, -0.2) is 0 Å². The highest BCUT2D eigenvalue weighted by atomic mass is 32.2. The largest absolute Gasteiger partial charge is 0.507 e. The number of non-ortho nitro benzene ring substituents is 1. The van der Waals surface area contributed by atoms with E-state index in [0.717, 1.165) is 5.56 Å². The molecular weight excluding hydrogens is 402 g/mol. The average molecular weight is 417 g/mol. The molecule has 0 fully saturated rings. The Morgan fingerprint density at radius 2 is 1.40 bits per heavy atom. The van der Waals surface area contributed by atoms with Crippen LogP contribution in [-0.2, 0) is 4.79 Å². The van der Waals surface area contributed by atoms with Crippen LogP contribution in [0.25, 0.3) is 5.76 Å². The number of rotatable bonds is 5. The number of carbonyl (C=O) groups excluding carboxylic acids is 2. The molecule has 0 amide bonds. The summed E-state index contributed by atoms with van der Waals surface area (Å²) in [4.78, 5) is 36.8. The van der Waals surface area contributed by atoms with Crippen LogP contribution in [0, 0.1) is 10.1 Å². The van der Waals surface area contributed by atoms with Crippen LogP contribution in [0.1, 0.15) is 26.7 Å². The van der Waals surface area contributed by atoms with Crippen molar-refractivity contribution in [3.63, 3.8) is 0 Å². The first-order valence-electron chi connectivity index (χ1n) is 9.05. The van der Waals surface area contributed by atoms with Crippen molar-refractivity contribution in [1.82, 2.24) is 0 Å². The van der Waals surface area contributed by atoms with Crippen molar-refractivity contribution in [2.24, 2.45) is 0 Å². The molecule has 0 aliphatic heterocycles. The molecule has 148 valence electrons. The van der Waals surface area contributed by atoms with Gasteiger partial charge in [0, 0.05) is 28.2 Å². The molecule has 0 saturated carbocycles. The first-order chi connectivity index (χ1) is 14.5. The van der Waals surface area contributed by atoms with Crippen LogP contribution >= 0.6 is 11.8 Å². The van der Waals surface area contributed by atoms with Gasteiger partial charge in [-0.1, -0.05) is 54.6 Å². The van der Waals surface area contributed by atoms with Crippen molar-refractivity contribution in [3.05, 3.63) is 111 Å². The van der Waals surface area contributed by atoms with Gasteiger partial charge in [0.1, 0.15) is 5.76 Å². The number of nitro benzene ring substituents is 1. The summed E-state index contributed by atoms with van der Waals surface area (Å²) in [5, 5.41) is 21.2. The highest BCUT2D eigenvalue weighted by Crippen LogP contribution is 2.45. The standard InChI is InChI=1S/C23H15NO5S/c25-20-17-8-4-5-9-18(17)21(26)22(27)19(20)23(14-6-2-1-3-7-14)30-16-12-10-15(11-13-16)24(28)29/h1-13,23,25H. The number of hydrogen-bond donors (Lipinski definition) is 1. The van der Waals surface area contributed by atoms with Gasteiger partial charge in [0.2, 0.25) is 11.6 Å². The summed E-state index contributed by atoms with van der Waals surface area (Å²) in [5.74, 6) is -1.64. The summed E-state index contributed by atoms with van der Waals surface area (Å²) in [6.07, 6.45) is 0. The summed E-state index contributed by atoms with van der Waals surface area (Å²) in [5.41, 5.74) is 1.19. The van der Waals surface area contributed by atoms with Crippen LogP contribution in [0.5, 0.6) is 0 Å². The average Bonchev–Trinajstić information content (AvgIpc) is 2.78. The van der Waals surface area contributed by atoms with E-state index >= 15 is 0 Å². The van der Waals surface area contributed by atoms with E-state index in [-0.39, 0.29) is 22.6 Å². The van der Waals surface area contributed by atoms with E-state index < -0.39 is 21.7 Å². The monoisotopic (exact) mass is 417 g/mol. The van der Waals surface area contributed by atoms with Gasteiger partial charge in [-0.15, -0.1) is 11.8 Å². The van der Waals surface area contributed by atoms with Gasteiger partial charge in [0.15, 0.2) is 0 Å². The lowest BCUT2D eigenvalue weighted by Crippen LogP contribution is -2.26. The van der Waals surface area contributed by atoms with Gasteiger partial charge < -0.3 is 5.11 Å². The molecule has 0 radical (unpaired) electrons. The Morgan fingerprint density at radius 3 is 2.03 bits per heavy atom. The molecule has 0 saturated heterocycles. The Bertz CT molecular complexity index is 1190. The smallest absolute Gasteiger partial charge is 0.269 e. The second-order valence-corrected chi connectivity index (χ2v) is 7.80. The van der Waals surface area contributed by atoms with Crippen LogP contribution in [0.2, 0.25) is 0 Å². The number of nitro groups is 1. The van der Waals surface area contributed by atoms with Crippen LogP contribution in [0.3, 0.4) is 0 Å². The van der Waals surface area contributed by atoms with E-state index in [0.29, 0.717) is 10.5 Å². The van der Waals surface area contributed by atoms with Gasteiger partial charge in [-0.2, -0.15) is 0 Å². The molecule has 30 heavy (non-hydrogen) atoms. The molecule has 1 unspecified atom stereocenters. The molecule has 4 rings (SSSR count). The van der Waals surface area contributed by atoms with Gasteiger partial charge in [-0.3, -0.25) is 19.7 Å². The van der Waals surface area contributed by atoms with Crippen LogP contribution in [0.4, 0.5) is 5.69 Å². The highest BCUT2D eigenvalue weighted by Gasteiger charge is 2.37. The van der Waals surface area contributed by atoms with Crippen LogP contribution < -0.4 is 0 Å². The van der Waals surface area contributed by atoms with Gasteiger partial charge in [-0.05, 0) is 17.7 Å². The number of ketones is 2. The van der Waals surface area contributed by atoms with Crippen molar-refractivity contribution in [3.8, 4) is 0 Å². The Hall–Kier alpha value is -3.71. The summed E-state index contributed by atoms with van der Waals surface area (Å²) in [7, 11) is 0. The maximum Gasteiger partial charge on any atom is 0.269 e. The molecule has 0 spiro atoms. The second kappa shape index (κ2) is 7.96. The summed E-state index contributed by atoms with van der Waals surface area (Å²) < 4.78 is 0. The molecule has 0 aromatic heterocycles. The molecule has 7 heteroatoms. The summed E-state index contributed by atoms with van der Waals surface area (Å²) in [6.45, 7) is 0. The predicted octanol–water partition coefficient (Wildman–Crippen LogP) is 5.16. The summed E-state index contributed by atoms with van der Waals surface area (Å²) >= 11 is 1.24. The SMILES string of the molecule is O=C1C(=O)c2ccccc2C(O)=C1C(Sc1ccc([N+](=O)[O-])cc1)c1ccccc1. The zero-order valence-electron chi connectivity index (χ0n) is 15.5. The van der Waals surface area contributed by atoms with E-state index in [1.54, 1.807) is 42.5 Å². The summed E-state index contributed by atoms with van der Waals surface area (Å²) in [6, 6.07) is 21.4. The lowest BCUT2D eigenvalue weighted by Gasteiger charge is -2.24. The number of nitrogens with zero attached hydrogens (tertiary/aromatic N) is 1. The fourth-order valence-corrected chi connectivity index (χ4v) is 4.53. The lowest BCUT2D eigenvalue weighted by atomic mass is 9.85. The third-order valence-electron chi connectivity index (χ3n) is 4.80. The molecule has 6 nitrogen and oxygen atoms in total. The second-order valence-electron chi connectivity index (χ2n) is 6.63. The van der Waals surface area contributed by atoms with Crippen molar-refractivity contribution in [2.75, 3.05) is 0 Å². The zero-order chi connectivity index (χ0) is 21.3. The first kappa shape index (κ1) is 19.6. The molecule has 1 N–H and O–H groups in total. The van der Waals surface area contributed by atoms with E-state index in [1.807, 2.05) is 18.2 Å². The highest BCUT2D eigenvalue weighted by molar-refractivity contribution is 7.99. The minimum atomic E-state index is -0.755. The number of aliphatic hydroxyl groups is 1. The van der Waals surface area contributed by atoms with E-state index in [2.05, 4.69) is 0 Å². The Labute approximate surface area is 176 Å². The minimum absolute atomic E-state index is 0.00764. The molecular formula is C23H15NO5S. The van der Waals surface area contributed by atoms with Gasteiger partial charge >= 0.3 is 0 Å². The minimum Gasteiger partial charge on any atom is -0.507 e. The number of fused-ring (bicyclic) bond motifs is 1. The quantitative estimate of drug-likeness (QED) is 0.266. The fraction of sp³-hybridized carbons (Fsp3) is 0.0435. The fourth-order valence-electron chi connectivity index (χ4n) is 3.33. The maximum absolute atomic E-state index is 13.0. The number of Topliss-reactive ketones (excluding diaryl/α,β-unsaturated/α-hetero) is 2. The molecule has 1 aliphatic rings. The van der Waals surface area contributed by atoms with Crippen molar-refractivity contribution in [1.29, 1.82) is 0 Å². The van der Waals surface area contributed by atoms with Crippen molar-refractivity contribution in [2.45, 2.75) is 10.1 Å². The van der Waals surface area contributed by atoms with Crippen LogP contribution in [0.15, 0.2) is 89.3 Å². The number of thioether (sulfide) groups is 1. The third kappa shape index (κ3) is 3.51. The molecule has 1 aliphatic carbocycles. The Balaban J connectivity index is 1.83. The van der Waals surface area contributed by atoms with Gasteiger partial charge in [0.05, 0.1) is 15.7 Å². The normalized spacial score (nSPS) is 14.4. The number of aliphatic hydroxyl groups excluding tert-OH is 1. The molecule has 3 aromatic rings. The Morgan fingerprint density at radius 1 is 0.800 bits per heavy atom. The van der Waals surface area contributed by atoms with Crippen LogP contribution in [-0.4, -0.2) is 21.6 Å². The number of hydrogen-bond acceptors (Lipinski definition) is 6. The molecule has 1 atom stereocenters. The lowest BCUT2D eigenvalue weighted by molar-refractivity contribution is -0.384. The van der Waals surface area contributed by atoms with E-state index in [4.69, 9.17) is 0 Å². The van der Waals surface area contributed by atoms with Crippen molar-refractivity contribution < 1.29 is 19.6 Å². The molecule has 3 aromatic carbocycles. The molecule has 0 bridgehead atoms. The first-order valence-corrected chi connectivity index (χ1v) is 9.93. The zero-order valence-corrected chi connectivity index (χ0v) is 16.3. The number of carbonyl (C=O) groups is 2. The van der Waals surface area contributed by atoms with E-state index in [1.165, 1.54) is 30.0 Å². The molecule has 0 heterocycles. The van der Waals surface area contributed by atoms with E-state index in [9.17, 15) is 24.8 Å². The third-order valence-corrected chi connectivity index (χ3v) is 6.09. The topological polar surface area (TPSA) is 97.5 Å². The number of benzene rings is 3. The van der Waals surface area contributed by atoms with Gasteiger partial charge in [0.25, 0.3) is 5.69 Å².